The fourth-order valence-corrected chi connectivity index (χ4v) is 4.07. The number of carbonyl (C=O) groups excluding carboxylic acids is 2. The largest absolute Gasteiger partial charge is 0.426 e. The number of hydrogen-bond donors (Lipinski definition) is 3. The van der Waals surface area contributed by atoms with Crippen molar-refractivity contribution < 1.29 is 36.3 Å². The van der Waals surface area contributed by atoms with Crippen LogP contribution in [0, 0.1) is 0 Å². The van der Waals surface area contributed by atoms with E-state index in [1.165, 1.54) is 31.2 Å². The number of Topliss-reactive ketones (excluding diaryl/α,β-unsaturated/α-hetero) is 1. The fourth-order valence-electron chi connectivity index (χ4n) is 2.19. The van der Waals surface area contributed by atoms with Gasteiger partial charge >= 0.3 is 6.18 Å². The molecule has 0 aliphatic heterocycles. The second-order valence-corrected chi connectivity index (χ2v) is 8.91. The second kappa shape index (κ2) is 8.65. The summed E-state index contributed by atoms with van der Waals surface area (Å²) in [4.78, 5) is 22.6. The van der Waals surface area contributed by atoms with Crippen LogP contribution in [0.3, 0.4) is 0 Å². The zero-order chi connectivity index (χ0) is 23.8. The van der Waals surface area contributed by atoms with Gasteiger partial charge in [0.05, 0.1) is 15.7 Å². The molecule has 0 saturated heterocycles. The summed E-state index contributed by atoms with van der Waals surface area (Å²) >= 11 is 11.9. The highest BCUT2D eigenvalue weighted by Gasteiger charge is 2.55. The van der Waals surface area contributed by atoms with Crippen molar-refractivity contribution in [3.8, 4) is 0 Å². The standard InChI is InChI=1S/C18H15Cl2F3N2O5S/c1-9(26)10-3-5-11(6-4-10)25-31(29,30)13-8-7-12(14(19)15(13)20)24-16(27)17(2,28)18(21,22)23/h3-8,25,28H,1-2H3,(H,24,27). The lowest BCUT2D eigenvalue weighted by molar-refractivity contribution is -0.242. The Labute approximate surface area is 185 Å². The van der Waals surface area contributed by atoms with Gasteiger partial charge in [0.15, 0.2) is 5.78 Å². The molecule has 3 N–H and O–H groups in total. The van der Waals surface area contributed by atoms with Crippen molar-refractivity contribution >= 4 is 56.3 Å². The van der Waals surface area contributed by atoms with E-state index in [9.17, 15) is 36.3 Å². The molecule has 0 heterocycles. The van der Waals surface area contributed by atoms with Crippen molar-refractivity contribution in [3.63, 3.8) is 0 Å². The number of halogens is 5. The molecule has 0 aromatic heterocycles. The molecule has 2 rings (SSSR count). The van der Waals surface area contributed by atoms with E-state index in [1.54, 1.807) is 5.32 Å². The summed E-state index contributed by atoms with van der Waals surface area (Å²) < 4.78 is 65.8. The molecule has 168 valence electrons. The number of sulfonamides is 1. The fraction of sp³-hybridized carbons (Fsp3) is 0.222. The van der Waals surface area contributed by atoms with Crippen LogP contribution in [0.15, 0.2) is 41.3 Å². The predicted octanol–water partition coefficient (Wildman–Crippen LogP) is 4.25. The average Bonchev–Trinajstić information content (AvgIpc) is 2.64. The first-order valence-corrected chi connectivity index (χ1v) is 10.5. The van der Waals surface area contributed by atoms with Crippen LogP contribution in [-0.4, -0.2) is 37.0 Å². The molecule has 0 saturated carbocycles. The van der Waals surface area contributed by atoms with E-state index in [4.69, 9.17) is 23.2 Å². The molecule has 2 aromatic rings. The molecule has 31 heavy (non-hydrogen) atoms. The Morgan fingerprint density at radius 2 is 1.55 bits per heavy atom. The highest BCUT2D eigenvalue weighted by molar-refractivity contribution is 7.92. The van der Waals surface area contributed by atoms with Crippen molar-refractivity contribution in [2.24, 2.45) is 0 Å². The molecule has 0 bridgehead atoms. The molecular weight excluding hydrogens is 484 g/mol. The Morgan fingerprint density at radius 1 is 1.00 bits per heavy atom. The summed E-state index contributed by atoms with van der Waals surface area (Å²) in [6, 6.07) is 7.33. The van der Waals surface area contributed by atoms with Crippen LogP contribution in [0.5, 0.6) is 0 Å². The third-order valence-corrected chi connectivity index (χ3v) is 6.54. The molecule has 1 atom stereocenters. The van der Waals surface area contributed by atoms with Gasteiger partial charge in [-0.25, -0.2) is 8.42 Å². The van der Waals surface area contributed by atoms with Gasteiger partial charge < -0.3 is 10.4 Å². The van der Waals surface area contributed by atoms with Crippen LogP contribution in [0.1, 0.15) is 24.2 Å². The summed E-state index contributed by atoms with van der Waals surface area (Å²) in [5.74, 6) is -2.05. The molecule has 1 unspecified atom stereocenters. The molecule has 0 aliphatic rings. The highest BCUT2D eigenvalue weighted by atomic mass is 35.5. The van der Waals surface area contributed by atoms with Gasteiger partial charge in [-0.3, -0.25) is 14.3 Å². The molecule has 0 spiro atoms. The number of aliphatic hydroxyl groups is 1. The highest BCUT2D eigenvalue weighted by Crippen LogP contribution is 2.37. The van der Waals surface area contributed by atoms with Crippen LogP contribution in [0.25, 0.3) is 0 Å². The lowest BCUT2D eigenvalue weighted by Gasteiger charge is -2.25. The van der Waals surface area contributed by atoms with Crippen molar-refractivity contribution in [2.45, 2.75) is 30.5 Å². The third kappa shape index (κ3) is 5.29. The summed E-state index contributed by atoms with van der Waals surface area (Å²) in [5.41, 5.74) is -3.69. The van der Waals surface area contributed by atoms with Gasteiger partial charge in [0.2, 0.25) is 5.60 Å². The van der Waals surface area contributed by atoms with E-state index in [0.29, 0.717) is 5.56 Å². The number of nitrogens with one attached hydrogen (secondary N) is 2. The van der Waals surface area contributed by atoms with E-state index in [0.717, 1.165) is 12.1 Å². The molecule has 7 nitrogen and oxygen atoms in total. The van der Waals surface area contributed by atoms with Crippen LogP contribution in [0.4, 0.5) is 24.5 Å². The first kappa shape index (κ1) is 24.9. The number of rotatable bonds is 6. The Hall–Kier alpha value is -2.34. The minimum Gasteiger partial charge on any atom is -0.373 e. The number of ketones is 1. The van der Waals surface area contributed by atoms with Gasteiger partial charge in [-0.2, -0.15) is 13.2 Å². The van der Waals surface area contributed by atoms with E-state index in [1.807, 2.05) is 0 Å². The lowest BCUT2D eigenvalue weighted by Crippen LogP contribution is -2.52. The first-order valence-electron chi connectivity index (χ1n) is 8.30. The van der Waals surface area contributed by atoms with Crippen LogP contribution >= 0.6 is 23.2 Å². The smallest absolute Gasteiger partial charge is 0.373 e. The quantitative estimate of drug-likeness (QED) is 0.515. The van der Waals surface area contributed by atoms with Crippen molar-refractivity contribution in [2.75, 3.05) is 10.0 Å². The average molecular weight is 499 g/mol. The monoisotopic (exact) mass is 498 g/mol. The molecular formula is C18H15Cl2F3N2O5S. The van der Waals surface area contributed by atoms with Gasteiger partial charge in [-0.15, -0.1) is 0 Å². The van der Waals surface area contributed by atoms with E-state index in [2.05, 4.69) is 4.72 Å². The zero-order valence-electron chi connectivity index (χ0n) is 15.8. The maximum Gasteiger partial charge on any atom is 0.426 e. The van der Waals surface area contributed by atoms with Crippen LogP contribution < -0.4 is 10.0 Å². The number of carbonyl (C=O) groups is 2. The predicted molar refractivity (Wildman–Crippen MR) is 109 cm³/mol. The zero-order valence-corrected chi connectivity index (χ0v) is 18.2. The van der Waals surface area contributed by atoms with Crippen molar-refractivity contribution in [1.82, 2.24) is 0 Å². The molecule has 0 aliphatic carbocycles. The number of alkyl halides is 3. The number of benzene rings is 2. The van der Waals surface area contributed by atoms with E-state index in [-0.39, 0.29) is 18.4 Å². The number of amides is 1. The van der Waals surface area contributed by atoms with Gasteiger partial charge in [0.1, 0.15) is 4.90 Å². The number of anilines is 2. The van der Waals surface area contributed by atoms with E-state index < -0.39 is 48.3 Å². The van der Waals surface area contributed by atoms with Gasteiger partial charge in [-0.05, 0) is 50.2 Å². The van der Waals surface area contributed by atoms with Gasteiger partial charge in [0, 0.05) is 11.3 Å². The van der Waals surface area contributed by atoms with Crippen molar-refractivity contribution in [3.05, 3.63) is 52.0 Å². The minimum absolute atomic E-state index is 0.107. The van der Waals surface area contributed by atoms with Crippen LogP contribution in [-0.2, 0) is 14.8 Å². The molecule has 1 amide bonds. The molecule has 0 fully saturated rings. The summed E-state index contributed by atoms with van der Waals surface area (Å²) in [6.07, 6.45) is -5.27. The number of hydrogen-bond acceptors (Lipinski definition) is 5. The molecule has 13 heteroatoms. The Balaban J connectivity index is 2.32. The normalized spacial score (nSPS) is 13.9. The Morgan fingerprint density at radius 3 is 2.03 bits per heavy atom. The maximum absolute atomic E-state index is 12.8. The maximum atomic E-state index is 12.8. The van der Waals surface area contributed by atoms with E-state index >= 15 is 0 Å². The molecule has 0 radical (unpaired) electrons. The summed E-state index contributed by atoms with van der Waals surface area (Å²) in [6.45, 7) is 1.59. The third-order valence-electron chi connectivity index (χ3n) is 4.12. The topological polar surface area (TPSA) is 113 Å². The van der Waals surface area contributed by atoms with Gasteiger partial charge in [-0.1, -0.05) is 23.2 Å². The second-order valence-electron chi connectivity index (χ2n) is 6.50. The van der Waals surface area contributed by atoms with Crippen molar-refractivity contribution in [1.29, 1.82) is 0 Å². The lowest BCUT2D eigenvalue weighted by atomic mass is 10.1. The minimum atomic E-state index is -5.27. The molecule has 2 aromatic carbocycles. The van der Waals surface area contributed by atoms with Crippen LogP contribution in [0.2, 0.25) is 10.0 Å². The Bertz CT molecular complexity index is 1130. The Kier molecular flexibility index (Phi) is 6.96. The first-order chi connectivity index (χ1) is 14.1. The summed E-state index contributed by atoms with van der Waals surface area (Å²) in [7, 11) is -4.29. The SMILES string of the molecule is CC(=O)c1ccc(NS(=O)(=O)c2ccc(NC(=O)C(C)(O)C(F)(F)F)c(Cl)c2Cl)cc1. The summed E-state index contributed by atoms with van der Waals surface area (Å²) in [5, 5.41) is 10.0. The van der Waals surface area contributed by atoms with Gasteiger partial charge in [0.25, 0.3) is 15.9 Å².